The highest BCUT2D eigenvalue weighted by Crippen LogP contribution is 2.50. The van der Waals surface area contributed by atoms with Crippen LogP contribution in [-0.2, 0) is 16.1 Å². The van der Waals surface area contributed by atoms with Gasteiger partial charge < -0.3 is 23.7 Å². The quantitative estimate of drug-likeness (QED) is 0.845. The van der Waals surface area contributed by atoms with Gasteiger partial charge in [-0.1, -0.05) is 0 Å². The molecule has 4 rings (SSSR count). The number of allylic oxidation sites excluding steroid dienone is 1. The number of furan rings is 1. The number of fused-ring (bicyclic) bond motifs is 5. The van der Waals surface area contributed by atoms with Crippen LogP contribution < -0.4 is 9.47 Å². The minimum Gasteiger partial charge on any atom is -0.502 e. The number of ketones is 2. The summed E-state index contributed by atoms with van der Waals surface area (Å²) in [5.41, 5.74) is 1.48. The SMILES string of the molecule is COC1=CC(=O)C(=O)c2oc3c(c21)COc1c-3ccc(OC)c1O. The number of ether oxygens (including phenoxy) is 3. The molecule has 0 bridgehead atoms. The summed E-state index contributed by atoms with van der Waals surface area (Å²) in [7, 11) is 2.84. The van der Waals surface area contributed by atoms with E-state index in [9.17, 15) is 14.7 Å². The zero-order chi connectivity index (χ0) is 17.0. The summed E-state index contributed by atoms with van der Waals surface area (Å²) in [4.78, 5) is 23.9. The summed E-state index contributed by atoms with van der Waals surface area (Å²) in [6.45, 7) is 0.0596. The Kier molecular flexibility index (Phi) is 2.93. The lowest BCUT2D eigenvalue weighted by molar-refractivity contribution is -0.111. The van der Waals surface area contributed by atoms with Gasteiger partial charge in [-0.05, 0) is 12.1 Å². The van der Waals surface area contributed by atoms with Gasteiger partial charge in [-0.25, -0.2) is 0 Å². The monoisotopic (exact) mass is 328 g/mol. The molecule has 0 amide bonds. The highest BCUT2D eigenvalue weighted by molar-refractivity contribution is 6.49. The van der Waals surface area contributed by atoms with Gasteiger partial charge >= 0.3 is 0 Å². The van der Waals surface area contributed by atoms with Crippen LogP contribution in [0.2, 0.25) is 0 Å². The van der Waals surface area contributed by atoms with E-state index in [1.807, 2.05) is 0 Å². The molecule has 2 aliphatic rings. The van der Waals surface area contributed by atoms with Gasteiger partial charge in [0.2, 0.25) is 11.5 Å². The fraction of sp³-hybridized carbons (Fsp3) is 0.176. The normalized spacial score (nSPS) is 15.0. The minimum absolute atomic E-state index is 0.0596. The third kappa shape index (κ3) is 1.72. The zero-order valence-electron chi connectivity index (χ0n) is 12.8. The van der Waals surface area contributed by atoms with Gasteiger partial charge in [0.15, 0.2) is 17.3 Å². The number of carbonyl (C=O) groups excluding carboxylic acids is 2. The standard InChI is InChI=1S/C17H12O7/c1-21-10-4-3-7-15-8(6-23-16(7)14(10)20)12-11(22-2)5-9(18)13(19)17(12)24-15/h3-5,20H,6H2,1-2H3. The van der Waals surface area contributed by atoms with Crippen molar-refractivity contribution in [1.29, 1.82) is 0 Å². The summed E-state index contributed by atoms with van der Waals surface area (Å²) in [5, 5.41) is 10.2. The predicted molar refractivity (Wildman–Crippen MR) is 81.0 cm³/mol. The highest BCUT2D eigenvalue weighted by atomic mass is 16.5. The minimum atomic E-state index is -0.737. The molecular formula is C17H12O7. The van der Waals surface area contributed by atoms with Gasteiger partial charge in [0, 0.05) is 11.6 Å². The average molecular weight is 328 g/mol. The molecule has 1 N–H and O–H groups in total. The molecule has 0 atom stereocenters. The number of hydrogen-bond donors (Lipinski definition) is 1. The van der Waals surface area contributed by atoms with Crippen molar-refractivity contribution < 1.29 is 33.3 Å². The first-order valence-electron chi connectivity index (χ1n) is 7.10. The van der Waals surface area contributed by atoms with Crippen LogP contribution in [0.15, 0.2) is 22.6 Å². The number of methoxy groups -OCH3 is 2. The van der Waals surface area contributed by atoms with Crippen molar-refractivity contribution in [3.8, 4) is 28.6 Å². The Bertz CT molecular complexity index is 933. The van der Waals surface area contributed by atoms with Crippen LogP contribution in [0, 0.1) is 0 Å². The van der Waals surface area contributed by atoms with Crippen molar-refractivity contribution in [2.45, 2.75) is 6.61 Å². The van der Waals surface area contributed by atoms with E-state index in [0.717, 1.165) is 6.08 Å². The first-order valence-corrected chi connectivity index (χ1v) is 7.10. The van der Waals surface area contributed by atoms with Crippen LogP contribution in [-0.4, -0.2) is 30.9 Å². The number of hydrogen-bond acceptors (Lipinski definition) is 7. The lowest BCUT2D eigenvalue weighted by Gasteiger charge is -2.20. The topological polar surface area (TPSA) is 95.2 Å². The molecule has 1 aliphatic carbocycles. The summed E-state index contributed by atoms with van der Waals surface area (Å²) < 4.78 is 21.6. The van der Waals surface area contributed by atoms with E-state index in [4.69, 9.17) is 18.6 Å². The third-order valence-electron chi connectivity index (χ3n) is 4.09. The van der Waals surface area contributed by atoms with Gasteiger partial charge in [0.25, 0.3) is 5.78 Å². The van der Waals surface area contributed by atoms with Crippen LogP contribution in [0.1, 0.15) is 21.7 Å². The maximum absolute atomic E-state index is 12.1. The van der Waals surface area contributed by atoms with Crippen molar-refractivity contribution in [2.75, 3.05) is 14.2 Å². The van der Waals surface area contributed by atoms with E-state index in [2.05, 4.69) is 0 Å². The van der Waals surface area contributed by atoms with Crippen molar-refractivity contribution >= 4 is 17.3 Å². The van der Waals surface area contributed by atoms with Gasteiger partial charge in [-0.2, -0.15) is 0 Å². The Morgan fingerprint density at radius 3 is 2.62 bits per heavy atom. The Labute approximate surface area is 136 Å². The van der Waals surface area contributed by atoms with Gasteiger partial charge in [-0.15, -0.1) is 0 Å². The summed E-state index contributed by atoms with van der Waals surface area (Å²) in [5.74, 6) is -0.582. The lowest BCUT2D eigenvalue weighted by atomic mass is 9.95. The lowest BCUT2D eigenvalue weighted by Crippen LogP contribution is -2.18. The Balaban J connectivity index is 1.98. The van der Waals surface area contributed by atoms with Crippen molar-refractivity contribution in [3.63, 3.8) is 0 Å². The molecule has 7 nitrogen and oxygen atoms in total. The number of phenolic OH excluding ortho intramolecular Hbond substituents is 1. The molecule has 24 heavy (non-hydrogen) atoms. The molecule has 0 saturated heterocycles. The molecule has 0 radical (unpaired) electrons. The average Bonchev–Trinajstić information content (AvgIpc) is 2.98. The Morgan fingerprint density at radius 1 is 1.12 bits per heavy atom. The highest BCUT2D eigenvalue weighted by Gasteiger charge is 2.38. The molecule has 1 aliphatic heterocycles. The molecule has 0 saturated carbocycles. The van der Waals surface area contributed by atoms with E-state index in [-0.39, 0.29) is 35.4 Å². The fourth-order valence-electron chi connectivity index (χ4n) is 2.96. The van der Waals surface area contributed by atoms with Gasteiger partial charge in [0.1, 0.15) is 18.1 Å². The molecule has 7 heteroatoms. The molecule has 1 aromatic heterocycles. The zero-order valence-corrected chi connectivity index (χ0v) is 12.8. The van der Waals surface area contributed by atoms with Crippen molar-refractivity contribution in [3.05, 3.63) is 35.1 Å². The maximum Gasteiger partial charge on any atom is 0.268 e. The molecule has 122 valence electrons. The molecule has 1 aromatic carbocycles. The molecule has 2 aromatic rings. The van der Waals surface area contributed by atoms with Crippen LogP contribution in [0.5, 0.6) is 17.2 Å². The summed E-state index contributed by atoms with van der Waals surface area (Å²) >= 11 is 0. The van der Waals surface area contributed by atoms with Gasteiger partial charge in [-0.3, -0.25) is 9.59 Å². The second-order valence-corrected chi connectivity index (χ2v) is 5.30. The van der Waals surface area contributed by atoms with Crippen molar-refractivity contribution in [2.24, 2.45) is 0 Å². The molecule has 0 spiro atoms. The Hall–Kier alpha value is -3.22. The molecular weight excluding hydrogens is 316 g/mol. The smallest absolute Gasteiger partial charge is 0.268 e. The van der Waals surface area contributed by atoms with E-state index in [0.29, 0.717) is 22.5 Å². The summed E-state index contributed by atoms with van der Waals surface area (Å²) in [6.07, 6.45) is 1.14. The van der Waals surface area contributed by atoms with E-state index >= 15 is 0 Å². The third-order valence-corrected chi connectivity index (χ3v) is 4.09. The second-order valence-electron chi connectivity index (χ2n) is 5.30. The second kappa shape index (κ2) is 4.89. The van der Waals surface area contributed by atoms with E-state index in [1.165, 1.54) is 14.2 Å². The predicted octanol–water partition coefficient (Wildman–Crippen LogP) is 2.31. The first kappa shape index (κ1) is 14.4. The molecule has 0 fully saturated rings. The Morgan fingerprint density at radius 2 is 1.92 bits per heavy atom. The number of aromatic hydroxyl groups is 1. The molecule has 0 unspecified atom stereocenters. The van der Waals surface area contributed by atoms with E-state index in [1.54, 1.807) is 12.1 Å². The number of benzene rings is 1. The largest absolute Gasteiger partial charge is 0.502 e. The van der Waals surface area contributed by atoms with Crippen LogP contribution in [0.4, 0.5) is 0 Å². The van der Waals surface area contributed by atoms with E-state index < -0.39 is 11.6 Å². The van der Waals surface area contributed by atoms with Crippen LogP contribution in [0.3, 0.4) is 0 Å². The number of Topliss-reactive ketones (excluding diaryl/α,β-unsaturated/α-hetero) is 1. The first-order chi connectivity index (χ1) is 11.6. The van der Waals surface area contributed by atoms with Crippen molar-refractivity contribution in [1.82, 2.24) is 0 Å². The number of rotatable bonds is 2. The van der Waals surface area contributed by atoms with Gasteiger partial charge in [0.05, 0.1) is 25.3 Å². The number of phenols is 1. The fourth-order valence-corrected chi connectivity index (χ4v) is 2.96. The van der Waals surface area contributed by atoms with Crippen LogP contribution >= 0.6 is 0 Å². The molecule has 2 heterocycles. The van der Waals surface area contributed by atoms with Crippen LogP contribution in [0.25, 0.3) is 17.1 Å². The number of carbonyl (C=O) groups is 2. The summed E-state index contributed by atoms with van der Waals surface area (Å²) in [6, 6.07) is 3.22. The maximum atomic E-state index is 12.1.